The molecule has 0 spiro atoms. The summed E-state index contributed by atoms with van der Waals surface area (Å²) in [4.78, 5) is 73.1. The SMILES string of the molecule is CCC(C)CCCCCCCCC(=O)OC[C@H](COP(=O)(O)OC[C@H](O)COP(=O)(O)OC[C@@H](COC(=O)CCCCCCCCCCCCCCCCCC(C)C)OC(=O)CCCCCCCCCCCCCCCCCC(C)C)OC(=O)CCCCCCCCCCCCCCC(C)C. The van der Waals surface area contributed by atoms with Crippen LogP contribution in [-0.2, 0) is 65.4 Å². The number of aliphatic hydroxyl groups is 1. The minimum atomic E-state index is -4.96. The minimum Gasteiger partial charge on any atom is -0.462 e. The average Bonchev–Trinajstić information content (AvgIpc) is 0.959. The predicted octanol–water partition coefficient (Wildman–Crippen LogP) is 24.4. The van der Waals surface area contributed by atoms with Gasteiger partial charge < -0.3 is 33.8 Å². The maximum Gasteiger partial charge on any atom is 0.472 e. The Kier molecular flexibility index (Phi) is 69.6. The molecular weight excluding hydrogens is 1320 g/mol. The van der Waals surface area contributed by atoms with Crippen LogP contribution in [0.25, 0.3) is 0 Å². The lowest BCUT2D eigenvalue weighted by atomic mass is 10.00. The summed E-state index contributed by atoms with van der Waals surface area (Å²) in [6.07, 6.45) is 58.3. The topological polar surface area (TPSA) is 237 Å². The first-order chi connectivity index (χ1) is 48.6. The highest BCUT2D eigenvalue weighted by Gasteiger charge is 2.30. The third-order valence-electron chi connectivity index (χ3n) is 19.4. The lowest BCUT2D eigenvalue weighted by molar-refractivity contribution is -0.161. The van der Waals surface area contributed by atoms with Gasteiger partial charge in [0.2, 0.25) is 0 Å². The fourth-order valence-corrected chi connectivity index (χ4v) is 14.2. The Morgan fingerprint density at radius 3 is 0.703 bits per heavy atom. The van der Waals surface area contributed by atoms with Crippen molar-refractivity contribution in [3.8, 4) is 0 Å². The summed E-state index contributed by atoms with van der Waals surface area (Å²) >= 11 is 0. The third kappa shape index (κ3) is 74.7. The van der Waals surface area contributed by atoms with Crippen molar-refractivity contribution in [1.29, 1.82) is 0 Å². The highest BCUT2D eigenvalue weighted by atomic mass is 31.2. The molecule has 3 unspecified atom stereocenters. The van der Waals surface area contributed by atoms with Crippen LogP contribution >= 0.6 is 15.6 Å². The molecular formula is C82H160O17P2. The van der Waals surface area contributed by atoms with Crippen LogP contribution in [0.1, 0.15) is 421 Å². The van der Waals surface area contributed by atoms with E-state index in [1.807, 2.05) is 0 Å². The van der Waals surface area contributed by atoms with Gasteiger partial charge in [0.25, 0.3) is 0 Å². The summed E-state index contributed by atoms with van der Waals surface area (Å²) in [6.45, 7) is 14.3. The molecule has 0 aliphatic heterocycles. The molecule has 0 saturated carbocycles. The normalized spacial score (nSPS) is 14.3. The summed E-state index contributed by atoms with van der Waals surface area (Å²) in [5.41, 5.74) is 0. The number of hydrogen-bond donors (Lipinski definition) is 3. The summed E-state index contributed by atoms with van der Waals surface area (Å²) in [6, 6.07) is 0. The van der Waals surface area contributed by atoms with Crippen LogP contribution in [0.2, 0.25) is 0 Å². The molecule has 0 radical (unpaired) electrons. The highest BCUT2D eigenvalue weighted by molar-refractivity contribution is 7.47. The summed E-state index contributed by atoms with van der Waals surface area (Å²) in [5, 5.41) is 10.6. The molecule has 19 heteroatoms. The van der Waals surface area contributed by atoms with E-state index in [0.717, 1.165) is 120 Å². The quantitative estimate of drug-likeness (QED) is 0.0222. The van der Waals surface area contributed by atoms with Crippen LogP contribution in [-0.4, -0.2) is 96.7 Å². The number of ether oxygens (including phenoxy) is 4. The monoisotopic (exact) mass is 1480 g/mol. The molecule has 0 bridgehead atoms. The Morgan fingerprint density at radius 1 is 0.277 bits per heavy atom. The summed E-state index contributed by atoms with van der Waals surface area (Å²) in [5.74, 6) is 1.00. The van der Waals surface area contributed by atoms with Crippen molar-refractivity contribution < 1.29 is 80.2 Å². The van der Waals surface area contributed by atoms with Gasteiger partial charge in [0, 0.05) is 25.7 Å². The molecule has 0 amide bonds. The van der Waals surface area contributed by atoms with E-state index in [1.54, 1.807) is 0 Å². The van der Waals surface area contributed by atoms with Crippen LogP contribution in [0, 0.1) is 23.7 Å². The number of esters is 4. The standard InChI is InChI=1S/C82H160O17P2/c1-9-75(8)61-53-45-40-41-47-55-63-80(85)93-69-78(99-82(87)65-57-49-39-33-27-21-20-24-30-36-44-52-60-74(6)7)71-97-101(90,91)95-67-76(83)66-94-100(88,89)96-70-77(98-81(86)64-56-48-38-32-26-19-15-11-13-17-23-29-35-43-51-59-73(4)5)68-92-79(84)62-54-46-37-31-25-18-14-10-12-16-22-28-34-42-50-58-72(2)3/h72-78,83H,9-71H2,1-8H3,(H,88,89)(H,90,91)/t75?,76-,77-,78-/m1/s1. The molecule has 0 heterocycles. The molecule has 0 aliphatic carbocycles. The van der Waals surface area contributed by atoms with Crippen LogP contribution in [0.4, 0.5) is 0 Å². The summed E-state index contributed by atoms with van der Waals surface area (Å²) < 4.78 is 68.8. The van der Waals surface area contributed by atoms with E-state index in [2.05, 4.69) is 55.4 Å². The second-order valence-corrected chi connectivity index (χ2v) is 34.1. The van der Waals surface area contributed by atoms with Crippen molar-refractivity contribution in [2.24, 2.45) is 23.7 Å². The first-order valence-electron chi connectivity index (χ1n) is 42.2. The predicted molar refractivity (Wildman–Crippen MR) is 414 cm³/mol. The van der Waals surface area contributed by atoms with Gasteiger partial charge in [-0.15, -0.1) is 0 Å². The maximum atomic E-state index is 13.1. The van der Waals surface area contributed by atoms with Crippen molar-refractivity contribution >= 4 is 39.5 Å². The zero-order valence-electron chi connectivity index (χ0n) is 66.5. The smallest absolute Gasteiger partial charge is 0.462 e. The fourth-order valence-electron chi connectivity index (χ4n) is 12.6. The largest absolute Gasteiger partial charge is 0.472 e. The lowest BCUT2D eigenvalue weighted by Gasteiger charge is -2.21. The molecule has 600 valence electrons. The van der Waals surface area contributed by atoms with Crippen LogP contribution in [0.5, 0.6) is 0 Å². The van der Waals surface area contributed by atoms with Crippen LogP contribution in [0.15, 0.2) is 0 Å². The zero-order valence-corrected chi connectivity index (χ0v) is 68.3. The van der Waals surface area contributed by atoms with E-state index in [1.165, 1.54) is 218 Å². The number of carbonyl (C=O) groups is 4. The van der Waals surface area contributed by atoms with E-state index in [0.29, 0.717) is 25.7 Å². The number of rotatable bonds is 79. The van der Waals surface area contributed by atoms with Crippen molar-refractivity contribution in [3.63, 3.8) is 0 Å². The Hall–Kier alpha value is -1.94. The van der Waals surface area contributed by atoms with Gasteiger partial charge in [-0.05, 0) is 49.4 Å². The highest BCUT2D eigenvalue weighted by Crippen LogP contribution is 2.45. The second-order valence-electron chi connectivity index (χ2n) is 31.2. The van der Waals surface area contributed by atoms with Gasteiger partial charge in [-0.3, -0.25) is 37.3 Å². The van der Waals surface area contributed by atoms with E-state index in [4.69, 9.17) is 37.0 Å². The van der Waals surface area contributed by atoms with E-state index < -0.39 is 97.5 Å². The minimum absolute atomic E-state index is 0.106. The number of unbranched alkanes of at least 4 members (excludes halogenated alkanes) is 44. The molecule has 0 aliphatic rings. The number of hydrogen-bond acceptors (Lipinski definition) is 15. The number of phosphoric acid groups is 2. The molecule has 17 nitrogen and oxygen atoms in total. The van der Waals surface area contributed by atoms with Gasteiger partial charge in [0.1, 0.15) is 19.3 Å². The molecule has 0 saturated heterocycles. The van der Waals surface area contributed by atoms with E-state index >= 15 is 0 Å². The molecule has 6 atom stereocenters. The number of carbonyl (C=O) groups excluding carboxylic acids is 4. The first kappa shape index (κ1) is 99.1. The first-order valence-corrected chi connectivity index (χ1v) is 45.2. The Morgan fingerprint density at radius 2 is 0.475 bits per heavy atom. The van der Waals surface area contributed by atoms with Crippen molar-refractivity contribution in [1.82, 2.24) is 0 Å². The van der Waals surface area contributed by atoms with Crippen LogP contribution < -0.4 is 0 Å². The van der Waals surface area contributed by atoms with Crippen molar-refractivity contribution in [2.75, 3.05) is 39.6 Å². The maximum absolute atomic E-state index is 13.1. The lowest BCUT2D eigenvalue weighted by Crippen LogP contribution is -2.30. The molecule has 0 aromatic heterocycles. The fraction of sp³-hybridized carbons (Fsp3) is 0.951. The van der Waals surface area contributed by atoms with Gasteiger partial charge in [-0.25, -0.2) is 9.13 Å². The van der Waals surface area contributed by atoms with Crippen molar-refractivity contribution in [2.45, 2.75) is 440 Å². The average molecular weight is 1480 g/mol. The second kappa shape index (κ2) is 71.0. The van der Waals surface area contributed by atoms with Gasteiger partial charge in [0.15, 0.2) is 12.2 Å². The van der Waals surface area contributed by atoms with E-state index in [9.17, 15) is 43.2 Å². The summed E-state index contributed by atoms with van der Waals surface area (Å²) in [7, 11) is -9.92. The van der Waals surface area contributed by atoms with E-state index in [-0.39, 0.29) is 25.7 Å². The molecule has 0 fully saturated rings. The molecule has 0 rings (SSSR count). The molecule has 0 aromatic carbocycles. The molecule has 101 heavy (non-hydrogen) atoms. The number of phosphoric ester groups is 2. The van der Waals surface area contributed by atoms with Gasteiger partial charge >= 0.3 is 39.5 Å². The van der Waals surface area contributed by atoms with Crippen molar-refractivity contribution in [3.05, 3.63) is 0 Å². The van der Waals surface area contributed by atoms with Crippen LogP contribution in [0.3, 0.4) is 0 Å². The Bertz CT molecular complexity index is 1970. The third-order valence-corrected chi connectivity index (χ3v) is 21.3. The molecule has 0 aromatic rings. The van der Waals surface area contributed by atoms with Gasteiger partial charge in [-0.2, -0.15) is 0 Å². The Labute approximate surface area is 619 Å². The van der Waals surface area contributed by atoms with Gasteiger partial charge in [-0.1, -0.05) is 370 Å². The Balaban J connectivity index is 5.25. The number of aliphatic hydroxyl groups excluding tert-OH is 1. The zero-order chi connectivity index (χ0) is 74.6. The van der Waals surface area contributed by atoms with Gasteiger partial charge in [0.05, 0.1) is 26.4 Å². The molecule has 3 N–H and O–H groups in total.